The number of carbonyl (C=O) groups is 2. The van der Waals surface area contributed by atoms with E-state index in [1.807, 2.05) is 12.1 Å². The molecule has 0 aromatic heterocycles. The molecule has 0 aliphatic carbocycles. The summed E-state index contributed by atoms with van der Waals surface area (Å²) in [4.78, 5) is 21.3. The third kappa shape index (κ3) is 6.79. The highest BCUT2D eigenvalue weighted by Crippen LogP contribution is 2.00. The molecule has 0 unspecified atom stereocenters. The van der Waals surface area contributed by atoms with E-state index in [0.29, 0.717) is 5.70 Å². The van der Waals surface area contributed by atoms with Crippen LogP contribution in [-0.2, 0) is 9.59 Å². The largest absolute Gasteiger partial charge is 0.402 e. The summed E-state index contributed by atoms with van der Waals surface area (Å²) in [6.45, 7) is 4.19. The molecular weight excluding hydrogens is 285 g/mol. The van der Waals surface area contributed by atoms with Crippen LogP contribution in [0.5, 0.6) is 0 Å². The molecule has 2 aromatic carbocycles. The lowest BCUT2D eigenvalue weighted by atomic mass is 9.64. The van der Waals surface area contributed by atoms with Crippen molar-refractivity contribution >= 4 is 29.8 Å². The molecule has 117 valence electrons. The van der Waals surface area contributed by atoms with Gasteiger partial charge in [-0.2, -0.15) is 0 Å². The first-order valence-electron chi connectivity index (χ1n) is 7.35. The molecule has 0 spiro atoms. The van der Waals surface area contributed by atoms with Crippen LogP contribution in [0, 0.1) is 0 Å². The Morgan fingerprint density at radius 2 is 1.09 bits per heavy atom. The Hall–Kier alpha value is -2.62. The van der Waals surface area contributed by atoms with Gasteiger partial charge in [-0.05, 0) is 20.8 Å². The number of nitrogens with two attached hydrogens (primary N) is 1. The summed E-state index contributed by atoms with van der Waals surface area (Å²) in [5, 5.41) is 0. The molecule has 0 amide bonds. The Labute approximate surface area is 138 Å². The fraction of sp³-hybridized carbons (Fsp3) is 0.158. The van der Waals surface area contributed by atoms with Crippen LogP contribution in [0.3, 0.4) is 0 Å². The zero-order valence-corrected chi connectivity index (χ0v) is 13.7. The van der Waals surface area contributed by atoms with Gasteiger partial charge in [-0.1, -0.05) is 71.6 Å². The number of allylic oxidation sites excluding steroid dienone is 2. The number of carbonyl (C=O) groups excluding carboxylic acids is 2. The van der Waals surface area contributed by atoms with Crippen LogP contribution in [0.25, 0.3) is 0 Å². The van der Waals surface area contributed by atoms with Crippen LogP contribution in [-0.4, -0.2) is 18.8 Å². The van der Waals surface area contributed by atoms with Gasteiger partial charge in [-0.3, -0.25) is 9.59 Å². The van der Waals surface area contributed by atoms with Crippen LogP contribution in [0.15, 0.2) is 71.9 Å². The topological polar surface area (TPSA) is 60.2 Å². The summed E-state index contributed by atoms with van der Waals surface area (Å²) in [5.74, 6) is -0.542. The minimum atomic E-state index is -0.271. The van der Waals surface area contributed by atoms with Gasteiger partial charge in [0.1, 0.15) is 0 Å². The van der Waals surface area contributed by atoms with Gasteiger partial charge in [-0.15, -0.1) is 0 Å². The molecule has 4 heteroatoms. The van der Waals surface area contributed by atoms with Crippen molar-refractivity contribution in [2.24, 2.45) is 5.73 Å². The molecule has 2 aromatic rings. The number of hydrogen-bond acceptors (Lipinski definition) is 3. The fourth-order valence-corrected chi connectivity index (χ4v) is 2.09. The molecule has 23 heavy (non-hydrogen) atoms. The van der Waals surface area contributed by atoms with E-state index in [2.05, 4.69) is 55.8 Å². The highest BCUT2D eigenvalue weighted by Gasteiger charge is 2.10. The number of ketones is 2. The number of benzene rings is 2. The van der Waals surface area contributed by atoms with Gasteiger partial charge >= 0.3 is 0 Å². The average molecular weight is 306 g/mol. The minimum Gasteiger partial charge on any atom is -0.402 e. The molecule has 0 fully saturated rings. The maximum atomic E-state index is 10.7. The third-order valence-corrected chi connectivity index (χ3v) is 3.03. The van der Waals surface area contributed by atoms with Gasteiger partial charge in [0.2, 0.25) is 0 Å². The smallest absolute Gasteiger partial charge is 0.191 e. The zero-order chi connectivity index (χ0) is 17.2. The second-order valence-corrected chi connectivity index (χ2v) is 5.14. The van der Waals surface area contributed by atoms with E-state index in [-0.39, 0.29) is 17.1 Å². The molecule has 0 bridgehead atoms. The average Bonchev–Trinajstić information content (AvgIpc) is 2.48. The Morgan fingerprint density at radius 3 is 1.30 bits per heavy atom. The Bertz CT molecular complexity index is 622. The van der Waals surface area contributed by atoms with Crippen molar-refractivity contribution in [1.82, 2.24) is 0 Å². The molecule has 0 saturated carbocycles. The molecule has 2 rings (SSSR count). The fourth-order valence-electron chi connectivity index (χ4n) is 2.09. The standard InChI is InChI=1S/C12H10B.C7H11NO2/c1-3-7-11(8-4-1)13-12-9-5-2-6-10-12;1-4(8)7(5(2)9)6(3)10/h1-10H;8H2,1-3H3. The number of Topliss-reactive ketones (excluding diaryl/α,β-unsaturated/α-hetero) is 2. The van der Waals surface area contributed by atoms with E-state index in [1.165, 1.54) is 31.7 Å². The van der Waals surface area contributed by atoms with Gasteiger partial charge in [0.25, 0.3) is 0 Å². The second-order valence-electron chi connectivity index (χ2n) is 5.14. The summed E-state index contributed by atoms with van der Waals surface area (Å²) < 4.78 is 0. The third-order valence-electron chi connectivity index (χ3n) is 3.03. The van der Waals surface area contributed by atoms with Gasteiger partial charge in [0.15, 0.2) is 18.8 Å². The molecule has 0 saturated heterocycles. The number of rotatable bonds is 4. The molecule has 2 N–H and O–H groups in total. The van der Waals surface area contributed by atoms with Crippen molar-refractivity contribution in [2.45, 2.75) is 20.8 Å². The van der Waals surface area contributed by atoms with Crippen molar-refractivity contribution in [3.8, 4) is 0 Å². The summed E-state index contributed by atoms with van der Waals surface area (Å²) in [5.41, 5.74) is 8.17. The molecule has 0 heterocycles. The monoisotopic (exact) mass is 306 g/mol. The van der Waals surface area contributed by atoms with Crippen LogP contribution in [0.4, 0.5) is 0 Å². The van der Waals surface area contributed by atoms with E-state index in [9.17, 15) is 9.59 Å². The van der Waals surface area contributed by atoms with Crippen molar-refractivity contribution < 1.29 is 9.59 Å². The van der Waals surface area contributed by atoms with Crippen LogP contribution in [0.2, 0.25) is 0 Å². The van der Waals surface area contributed by atoms with Gasteiger partial charge in [-0.25, -0.2) is 0 Å². The SMILES string of the molecule is CC(=O)C(C(C)=O)=C(C)N.[B](c1ccccc1)c1ccccc1. The summed E-state index contributed by atoms with van der Waals surface area (Å²) in [6.07, 6.45) is 0. The minimum absolute atomic E-state index is 0.111. The summed E-state index contributed by atoms with van der Waals surface area (Å²) >= 11 is 0. The van der Waals surface area contributed by atoms with Crippen LogP contribution >= 0.6 is 0 Å². The lowest BCUT2D eigenvalue weighted by Crippen LogP contribution is -2.26. The Morgan fingerprint density at radius 1 is 0.739 bits per heavy atom. The molecular formula is C19H21BNO2. The Kier molecular flexibility index (Phi) is 7.54. The molecule has 0 aliphatic rings. The normalized spacial score (nSPS) is 9.17. The zero-order valence-electron chi connectivity index (χ0n) is 13.7. The maximum Gasteiger partial charge on any atom is 0.191 e. The van der Waals surface area contributed by atoms with Crippen LogP contribution in [0.1, 0.15) is 20.8 Å². The van der Waals surface area contributed by atoms with E-state index >= 15 is 0 Å². The maximum absolute atomic E-state index is 10.7. The van der Waals surface area contributed by atoms with Gasteiger partial charge < -0.3 is 5.73 Å². The first-order chi connectivity index (χ1) is 10.9. The van der Waals surface area contributed by atoms with Crippen molar-refractivity contribution in [3.63, 3.8) is 0 Å². The molecule has 0 atom stereocenters. The van der Waals surface area contributed by atoms with Crippen molar-refractivity contribution in [3.05, 3.63) is 71.9 Å². The summed E-state index contributed by atoms with van der Waals surface area (Å²) in [6, 6.07) is 20.7. The predicted octanol–water partition coefficient (Wildman–Crippen LogP) is 1.74. The highest BCUT2D eigenvalue weighted by atomic mass is 16.1. The molecule has 0 aliphatic heterocycles. The molecule has 3 nitrogen and oxygen atoms in total. The predicted molar refractivity (Wildman–Crippen MR) is 96.2 cm³/mol. The van der Waals surface area contributed by atoms with E-state index < -0.39 is 0 Å². The second kappa shape index (κ2) is 9.41. The summed E-state index contributed by atoms with van der Waals surface area (Å²) in [7, 11) is 2.17. The van der Waals surface area contributed by atoms with E-state index in [1.54, 1.807) is 0 Å². The molecule has 1 radical (unpaired) electrons. The van der Waals surface area contributed by atoms with Crippen molar-refractivity contribution in [2.75, 3.05) is 0 Å². The van der Waals surface area contributed by atoms with E-state index in [4.69, 9.17) is 5.73 Å². The number of hydrogen-bond donors (Lipinski definition) is 1. The van der Waals surface area contributed by atoms with Gasteiger partial charge in [0.05, 0.1) is 5.57 Å². The first-order valence-corrected chi connectivity index (χ1v) is 7.35. The van der Waals surface area contributed by atoms with Crippen LogP contribution < -0.4 is 16.7 Å². The van der Waals surface area contributed by atoms with Crippen molar-refractivity contribution in [1.29, 1.82) is 0 Å². The Balaban J connectivity index is 0.000000241. The first kappa shape index (κ1) is 18.4. The lowest BCUT2D eigenvalue weighted by molar-refractivity contribution is -0.119. The van der Waals surface area contributed by atoms with Gasteiger partial charge in [0, 0.05) is 5.70 Å². The van der Waals surface area contributed by atoms with E-state index in [0.717, 1.165) is 0 Å². The highest BCUT2D eigenvalue weighted by molar-refractivity contribution is 6.67. The lowest BCUT2D eigenvalue weighted by Gasteiger charge is -1.98. The quantitative estimate of drug-likeness (QED) is 0.405.